The lowest BCUT2D eigenvalue weighted by Crippen LogP contribution is -1.98. The van der Waals surface area contributed by atoms with Gasteiger partial charge in [-0.2, -0.15) is 5.26 Å². The predicted molar refractivity (Wildman–Crippen MR) is 212 cm³/mol. The quantitative estimate of drug-likeness (QED) is 0.179. The van der Waals surface area contributed by atoms with Crippen LogP contribution in [-0.4, -0.2) is 0 Å². The Morgan fingerprint density at radius 1 is 0.353 bits per heavy atom. The fraction of sp³-hybridized carbons (Fsp3) is 0. The molecule has 0 saturated carbocycles. The normalized spacial score (nSPS) is 12.1. The highest BCUT2D eigenvalue weighted by molar-refractivity contribution is 6.24. The maximum Gasteiger partial charge on any atom is 0.136 e. The highest BCUT2D eigenvalue weighted by atomic mass is 16.5. The van der Waals surface area contributed by atoms with Gasteiger partial charge in [0.25, 0.3) is 0 Å². The number of hydrogen-bond donors (Lipinski definition) is 0. The lowest BCUT2D eigenvalue weighted by Gasteiger charge is -2.22. The van der Waals surface area contributed by atoms with Crippen molar-refractivity contribution in [1.29, 1.82) is 5.26 Å². The minimum Gasteiger partial charge on any atom is -0.456 e. The van der Waals surface area contributed by atoms with E-state index in [0.29, 0.717) is 5.56 Å². The van der Waals surface area contributed by atoms with E-state index in [4.69, 9.17) is 4.74 Å². The Kier molecular flexibility index (Phi) is 5.77. The summed E-state index contributed by atoms with van der Waals surface area (Å²) in [6.07, 6.45) is 0. The number of hydrogen-bond acceptors (Lipinski definition) is 2. The average molecular weight is 646 g/mol. The Morgan fingerprint density at radius 3 is 1.57 bits per heavy atom. The van der Waals surface area contributed by atoms with Crippen molar-refractivity contribution in [2.24, 2.45) is 0 Å². The molecule has 0 N–H and O–H groups in total. The van der Waals surface area contributed by atoms with E-state index in [1.54, 1.807) is 0 Å². The van der Waals surface area contributed by atoms with Crippen LogP contribution < -0.4 is 4.74 Å². The third-order valence-electron chi connectivity index (χ3n) is 10.8. The van der Waals surface area contributed by atoms with Crippen LogP contribution in [0, 0.1) is 11.3 Å². The van der Waals surface area contributed by atoms with Gasteiger partial charge in [0.05, 0.1) is 11.6 Å². The average Bonchev–Trinajstić information content (AvgIpc) is 3.19. The van der Waals surface area contributed by atoms with Crippen molar-refractivity contribution in [2.75, 3.05) is 0 Å². The molecule has 0 bridgehead atoms. The minimum absolute atomic E-state index is 0.660. The van der Waals surface area contributed by atoms with Crippen LogP contribution in [-0.2, 0) is 0 Å². The van der Waals surface area contributed by atoms with Gasteiger partial charge in [0.1, 0.15) is 11.5 Å². The van der Waals surface area contributed by atoms with Gasteiger partial charge in [-0.3, -0.25) is 0 Å². The molecule has 0 radical (unpaired) electrons. The van der Waals surface area contributed by atoms with E-state index in [1.165, 1.54) is 65.3 Å². The molecule has 11 rings (SSSR count). The number of ether oxygens (including phenoxy) is 1. The Morgan fingerprint density at radius 2 is 0.882 bits per heavy atom. The summed E-state index contributed by atoms with van der Waals surface area (Å²) in [7, 11) is 0. The van der Waals surface area contributed by atoms with Crippen LogP contribution in [0.1, 0.15) is 5.56 Å². The summed E-state index contributed by atoms with van der Waals surface area (Å²) in [5.41, 5.74) is 9.95. The first-order valence-electron chi connectivity index (χ1n) is 17.3. The maximum atomic E-state index is 9.70. The third kappa shape index (κ3) is 4.22. The van der Waals surface area contributed by atoms with Crippen LogP contribution >= 0.6 is 0 Å². The lowest BCUT2D eigenvalue weighted by molar-refractivity contribution is 0.487. The van der Waals surface area contributed by atoms with Gasteiger partial charge in [0.15, 0.2) is 0 Å². The van der Waals surface area contributed by atoms with Crippen LogP contribution in [0.3, 0.4) is 0 Å². The first kappa shape index (κ1) is 27.9. The largest absolute Gasteiger partial charge is 0.456 e. The second-order valence-corrected chi connectivity index (χ2v) is 13.6. The molecule has 0 fully saturated rings. The number of nitriles is 1. The van der Waals surface area contributed by atoms with Gasteiger partial charge < -0.3 is 4.74 Å². The molecule has 0 aromatic heterocycles. The van der Waals surface area contributed by atoms with Crippen LogP contribution in [0.5, 0.6) is 11.5 Å². The fourth-order valence-corrected chi connectivity index (χ4v) is 8.30. The molecule has 2 nitrogen and oxygen atoms in total. The number of rotatable bonds is 3. The Bertz CT molecular complexity index is 3040. The molecule has 0 aliphatic carbocycles. The highest BCUT2D eigenvalue weighted by Gasteiger charge is 2.22. The van der Waals surface area contributed by atoms with Crippen LogP contribution in [0.25, 0.3) is 98.4 Å². The second-order valence-electron chi connectivity index (χ2n) is 13.6. The molecule has 0 amide bonds. The highest BCUT2D eigenvalue weighted by Crippen LogP contribution is 2.48. The van der Waals surface area contributed by atoms with Crippen molar-refractivity contribution in [2.45, 2.75) is 0 Å². The molecule has 2 heteroatoms. The van der Waals surface area contributed by atoms with Gasteiger partial charge in [-0.1, -0.05) is 109 Å². The van der Waals surface area contributed by atoms with Crippen molar-refractivity contribution in [3.63, 3.8) is 0 Å². The predicted octanol–water partition coefficient (Wildman–Crippen LogP) is 13.5. The second kappa shape index (κ2) is 10.5. The van der Waals surface area contributed by atoms with Gasteiger partial charge in [-0.15, -0.1) is 0 Å². The van der Waals surface area contributed by atoms with Crippen molar-refractivity contribution in [3.05, 3.63) is 169 Å². The van der Waals surface area contributed by atoms with Gasteiger partial charge in [0, 0.05) is 16.3 Å². The molecule has 51 heavy (non-hydrogen) atoms. The van der Waals surface area contributed by atoms with E-state index in [2.05, 4.69) is 146 Å². The topological polar surface area (TPSA) is 33.0 Å². The summed E-state index contributed by atoms with van der Waals surface area (Å²) < 4.78 is 6.33. The van der Waals surface area contributed by atoms with Crippen LogP contribution in [0.2, 0.25) is 0 Å². The number of nitrogens with zero attached hydrogens (tertiary/aromatic N) is 1. The number of fused-ring (bicyclic) bond motifs is 3. The zero-order chi connectivity index (χ0) is 33.6. The molecular formula is C49H27NO. The zero-order valence-corrected chi connectivity index (χ0v) is 27.4. The molecule has 1 aliphatic rings. The molecule has 10 aromatic rings. The Balaban J connectivity index is 0.955. The fourth-order valence-electron chi connectivity index (χ4n) is 8.30. The third-order valence-corrected chi connectivity index (χ3v) is 10.8. The first-order chi connectivity index (χ1) is 25.2. The van der Waals surface area contributed by atoms with E-state index < -0.39 is 0 Å². The van der Waals surface area contributed by atoms with Gasteiger partial charge in [-0.25, -0.2) is 0 Å². The molecule has 0 saturated heterocycles. The van der Waals surface area contributed by atoms with E-state index in [9.17, 15) is 5.26 Å². The summed E-state index contributed by atoms with van der Waals surface area (Å²) in [6, 6.07) is 61.2. The minimum atomic E-state index is 0.660. The van der Waals surface area contributed by atoms with E-state index in [0.717, 1.165) is 44.5 Å². The molecule has 0 spiro atoms. The van der Waals surface area contributed by atoms with Crippen molar-refractivity contribution >= 4 is 53.9 Å². The van der Waals surface area contributed by atoms with Gasteiger partial charge in [0.2, 0.25) is 0 Å². The SMILES string of the molecule is N#Cc1ccc2c3c(cccc13)-c1cc(-c3ccc(-c4cc5ccc6cc(-c7ccc8ccccc8c7)cc7ccc(c4)c5c67)cc3)ccc1O2. The van der Waals surface area contributed by atoms with Crippen molar-refractivity contribution < 1.29 is 4.74 Å². The molecule has 10 aromatic carbocycles. The lowest BCUT2D eigenvalue weighted by atomic mass is 9.89. The molecule has 0 unspecified atom stereocenters. The maximum absolute atomic E-state index is 9.70. The summed E-state index contributed by atoms with van der Waals surface area (Å²) in [4.78, 5) is 0. The summed E-state index contributed by atoms with van der Waals surface area (Å²) in [6.45, 7) is 0. The van der Waals surface area contributed by atoms with Crippen molar-refractivity contribution in [1.82, 2.24) is 0 Å². The molecule has 1 heterocycles. The van der Waals surface area contributed by atoms with Crippen LogP contribution in [0.4, 0.5) is 0 Å². The summed E-state index contributed by atoms with van der Waals surface area (Å²) in [5.74, 6) is 1.63. The summed E-state index contributed by atoms with van der Waals surface area (Å²) in [5, 5.41) is 21.9. The molecule has 234 valence electrons. The van der Waals surface area contributed by atoms with Gasteiger partial charge in [-0.05, 0) is 137 Å². The Labute approximate surface area is 294 Å². The Hall–Kier alpha value is -6.95. The molecular weight excluding hydrogens is 619 g/mol. The standard InChI is InChI=1S/C49H27NO/c50-28-39-19-21-46-49-42(39)6-3-7-43(49)44-27-34(18-20-45(44)51-46)30-8-10-31(11-9-30)40-23-35-14-16-37-25-41(26-38-17-15-36(24-40)47(35)48(37)38)33-13-12-29-4-1-2-5-32(29)22-33/h1-27H. The molecule has 0 atom stereocenters. The summed E-state index contributed by atoms with van der Waals surface area (Å²) >= 11 is 0. The number of benzene rings is 10. The van der Waals surface area contributed by atoms with E-state index in [-0.39, 0.29) is 0 Å². The van der Waals surface area contributed by atoms with Crippen LogP contribution in [0.15, 0.2) is 164 Å². The monoisotopic (exact) mass is 645 g/mol. The van der Waals surface area contributed by atoms with E-state index >= 15 is 0 Å². The molecule has 1 aliphatic heterocycles. The van der Waals surface area contributed by atoms with E-state index in [1.807, 2.05) is 24.3 Å². The first-order valence-corrected chi connectivity index (χ1v) is 17.3. The van der Waals surface area contributed by atoms with Crippen molar-refractivity contribution in [3.8, 4) is 62.1 Å². The van der Waals surface area contributed by atoms with Gasteiger partial charge >= 0.3 is 0 Å². The smallest absolute Gasteiger partial charge is 0.136 e. The zero-order valence-electron chi connectivity index (χ0n) is 27.4.